The van der Waals surface area contributed by atoms with Crippen LogP contribution < -0.4 is 10.6 Å². The third-order valence-electron chi connectivity index (χ3n) is 4.44. The van der Waals surface area contributed by atoms with E-state index in [1.807, 2.05) is 40.6 Å². The van der Waals surface area contributed by atoms with Gasteiger partial charge in [-0.3, -0.25) is 9.39 Å². The Hall–Kier alpha value is -1.07. The molecule has 1 aliphatic rings. The number of hydrogen-bond donors (Lipinski definition) is 2. The Kier molecular flexibility index (Phi) is 7.76. The Labute approximate surface area is 169 Å². The van der Waals surface area contributed by atoms with Crippen LogP contribution in [0.2, 0.25) is 0 Å². The normalized spacial score (nSPS) is 17.1. The van der Waals surface area contributed by atoms with Gasteiger partial charge in [0, 0.05) is 37.8 Å². The lowest BCUT2D eigenvalue weighted by atomic mass is 9.99. The second-order valence-corrected chi connectivity index (χ2v) is 7.10. The van der Waals surface area contributed by atoms with Gasteiger partial charge in [0.1, 0.15) is 0 Å². The number of nitrogens with zero attached hydrogens (tertiary/aromatic N) is 4. The summed E-state index contributed by atoms with van der Waals surface area (Å²) in [6.45, 7) is 3.11. The number of nitrogens with one attached hydrogen (secondary N) is 2. The van der Waals surface area contributed by atoms with Gasteiger partial charge >= 0.3 is 0 Å². The average Bonchev–Trinajstić information content (AvgIpc) is 3.06. The standard InChI is InChI=1S/C16H24N6OS.HI/c1-17-15(19-12-16(24-2)6-9-23-10-7-16)18-11-14-21-20-13-5-3-4-8-22(13)14;/h3-5,8H,6-7,9-12H2,1-2H3,(H2,17,18,19);1H. The molecule has 0 saturated carbocycles. The third-order valence-corrected chi connectivity index (χ3v) is 5.86. The quantitative estimate of drug-likeness (QED) is 0.390. The lowest BCUT2D eigenvalue weighted by Gasteiger charge is -2.36. The zero-order chi connectivity index (χ0) is 16.8. The molecule has 2 N–H and O–H groups in total. The van der Waals surface area contributed by atoms with Crippen LogP contribution in [0.25, 0.3) is 5.65 Å². The molecule has 0 atom stereocenters. The highest BCUT2D eigenvalue weighted by Crippen LogP contribution is 2.32. The molecule has 1 aliphatic heterocycles. The number of hydrogen-bond acceptors (Lipinski definition) is 5. The van der Waals surface area contributed by atoms with E-state index in [-0.39, 0.29) is 28.7 Å². The second-order valence-electron chi connectivity index (χ2n) is 5.82. The highest BCUT2D eigenvalue weighted by atomic mass is 127. The first kappa shape index (κ1) is 20.2. The number of halogens is 1. The minimum Gasteiger partial charge on any atom is -0.381 e. The summed E-state index contributed by atoms with van der Waals surface area (Å²) in [7, 11) is 1.78. The van der Waals surface area contributed by atoms with Gasteiger partial charge in [0.05, 0.1) is 6.54 Å². The van der Waals surface area contributed by atoms with E-state index in [1.54, 1.807) is 7.05 Å². The maximum atomic E-state index is 5.49. The Morgan fingerprint density at radius 3 is 2.84 bits per heavy atom. The van der Waals surface area contributed by atoms with E-state index >= 15 is 0 Å². The van der Waals surface area contributed by atoms with E-state index in [0.717, 1.165) is 50.0 Å². The summed E-state index contributed by atoms with van der Waals surface area (Å²) in [5.41, 5.74) is 0.848. The number of thioether (sulfide) groups is 1. The molecule has 7 nitrogen and oxygen atoms in total. The minimum absolute atomic E-state index is 0. The van der Waals surface area contributed by atoms with E-state index in [4.69, 9.17) is 4.74 Å². The fourth-order valence-corrected chi connectivity index (χ4v) is 3.63. The van der Waals surface area contributed by atoms with Crippen molar-refractivity contribution in [3.05, 3.63) is 30.2 Å². The van der Waals surface area contributed by atoms with Crippen LogP contribution in [-0.2, 0) is 11.3 Å². The highest BCUT2D eigenvalue weighted by molar-refractivity contribution is 14.0. The molecule has 1 fully saturated rings. The summed E-state index contributed by atoms with van der Waals surface area (Å²) in [5, 5.41) is 15.2. The number of guanidine groups is 1. The van der Waals surface area contributed by atoms with Crippen molar-refractivity contribution in [2.75, 3.05) is 33.1 Å². The lowest BCUT2D eigenvalue weighted by Crippen LogP contribution is -2.47. The van der Waals surface area contributed by atoms with Crippen LogP contribution in [0.3, 0.4) is 0 Å². The average molecular weight is 476 g/mol. The molecule has 3 heterocycles. The number of aromatic nitrogens is 3. The fourth-order valence-electron chi connectivity index (χ4n) is 2.84. The number of aliphatic imine (C=N–C) groups is 1. The molecule has 25 heavy (non-hydrogen) atoms. The minimum atomic E-state index is 0. The van der Waals surface area contributed by atoms with E-state index in [0.29, 0.717) is 6.54 Å². The van der Waals surface area contributed by atoms with E-state index in [9.17, 15) is 0 Å². The largest absolute Gasteiger partial charge is 0.381 e. The second kappa shape index (κ2) is 9.58. The Bertz CT molecular complexity index is 701. The molecule has 2 aromatic rings. The van der Waals surface area contributed by atoms with Crippen LogP contribution in [0.15, 0.2) is 29.4 Å². The van der Waals surface area contributed by atoms with Crippen LogP contribution in [0.4, 0.5) is 0 Å². The van der Waals surface area contributed by atoms with Gasteiger partial charge in [0.2, 0.25) is 0 Å². The summed E-state index contributed by atoms with van der Waals surface area (Å²) < 4.78 is 7.69. The molecule has 0 radical (unpaired) electrons. The summed E-state index contributed by atoms with van der Waals surface area (Å²) >= 11 is 1.91. The first-order chi connectivity index (χ1) is 11.8. The molecule has 0 amide bonds. The topological polar surface area (TPSA) is 75.8 Å². The van der Waals surface area contributed by atoms with E-state index < -0.39 is 0 Å². The monoisotopic (exact) mass is 476 g/mol. The van der Waals surface area contributed by atoms with Gasteiger partial charge in [0.15, 0.2) is 17.4 Å². The lowest BCUT2D eigenvalue weighted by molar-refractivity contribution is 0.0783. The molecule has 0 aliphatic carbocycles. The molecule has 0 aromatic carbocycles. The van der Waals surface area contributed by atoms with Crippen molar-refractivity contribution in [3.63, 3.8) is 0 Å². The van der Waals surface area contributed by atoms with Crippen LogP contribution in [0.5, 0.6) is 0 Å². The molecule has 0 spiro atoms. The smallest absolute Gasteiger partial charge is 0.191 e. The van der Waals surface area contributed by atoms with Crippen LogP contribution >= 0.6 is 35.7 Å². The zero-order valence-electron chi connectivity index (χ0n) is 14.6. The molecule has 1 saturated heterocycles. The number of rotatable bonds is 5. The molecule has 9 heteroatoms. The molecule has 0 unspecified atom stereocenters. The Morgan fingerprint density at radius 2 is 2.12 bits per heavy atom. The fraction of sp³-hybridized carbons (Fsp3) is 0.562. The van der Waals surface area contributed by atoms with Gasteiger partial charge in [-0.15, -0.1) is 34.2 Å². The van der Waals surface area contributed by atoms with E-state index in [1.165, 1.54) is 0 Å². The summed E-state index contributed by atoms with van der Waals surface area (Å²) in [6.07, 6.45) is 6.26. The molecular formula is C16H25IN6OS. The molecular weight excluding hydrogens is 451 g/mol. The molecule has 3 rings (SSSR count). The van der Waals surface area contributed by atoms with Crippen molar-refractivity contribution in [1.29, 1.82) is 0 Å². The summed E-state index contributed by atoms with van der Waals surface area (Å²) in [6, 6.07) is 5.87. The number of pyridine rings is 1. The van der Waals surface area contributed by atoms with Crippen LogP contribution in [-0.4, -0.2) is 58.4 Å². The van der Waals surface area contributed by atoms with Crippen molar-refractivity contribution in [2.45, 2.75) is 24.1 Å². The maximum absolute atomic E-state index is 5.49. The van der Waals surface area contributed by atoms with Crippen molar-refractivity contribution in [3.8, 4) is 0 Å². The van der Waals surface area contributed by atoms with Gasteiger partial charge in [-0.05, 0) is 31.2 Å². The van der Waals surface area contributed by atoms with Gasteiger partial charge in [0.25, 0.3) is 0 Å². The summed E-state index contributed by atoms with van der Waals surface area (Å²) in [4.78, 5) is 4.31. The highest BCUT2D eigenvalue weighted by Gasteiger charge is 2.31. The summed E-state index contributed by atoms with van der Waals surface area (Å²) in [5.74, 6) is 1.64. The Morgan fingerprint density at radius 1 is 1.32 bits per heavy atom. The molecule has 138 valence electrons. The van der Waals surface area contributed by atoms with Gasteiger partial charge in [-0.1, -0.05) is 6.07 Å². The number of ether oxygens (including phenoxy) is 1. The Balaban J connectivity index is 0.00000225. The zero-order valence-corrected chi connectivity index (χ0v) is 17.7. The first-order valence-corrected chi connectivity index (χ1v) is 9.35. The van der Waals surface area contributed by atoms with Crippen LogP contribution in [0, 0.1) is 0 Å². The third kappa shape index (κ3) is 4.98. The predicted molar refractivity (Wildman–Crippen MR) is 113 cm³/mol. The van der Waals surface area contributed by atoms with Gasteiger partial charge < -0.3 is 15.4 Å². The molecule has 0 bridgehead atoms. The van der Waals surface area contributed by atoms with Crippen molar-refractivity contribution < 1.29 is 4.74 Å². The maximum Gasteiger partial charge on any atom is 0.191 e. The number of fused-ring (bicyclic) bond motifs is 1. The van der Waals surface area contributed by atoms with E-state index in [2.05, 4.69) is 32.1 Å². The van der Waals surface area contributed by atoms with Crippen molar-refractivity contribution in [1.82, 2.24) is 25.2 Å². The predicted octanol–water partition coefficient (Wildman–Crippen LogP) is 1.92. The van der Waals surface area contributed by atoms with Gasteiger partial charge in [-0.25, -0.2) is 0 Å². The van der Waals surface area contributed by atoms with Crippen LogP contribution in [0.1, 0.15) is 18.7 Å². The van der Waals surface area contributed by atoms with Gasteiger partial charge in [-0.2, -0.15) is 11.8 Å². The SMILES string of the molecule is CN=C(NCc1nnc2ccccn12)NCC1(SC)CCOCC1.I. The van der Waals surface area contributed by atoms with Crippen molar-refractivity contribution in [2.24, 2.45) is 4.99 Å². The first-order valence-electron chi connectivity index (χ1n) is 8.12. The van der Waals surface area contributed by atoms with Crippen molar-refractivity contribution >= 4 is 47.3 Å². The molecule has 2 aromatic heterocycles.